The number of hydrogen-bond donors (Lipinski definition) is 2. The van der Waals surface area contributed by atoms with Crippen LogP contribution in [-0.2, 0) is 6.42 Å². The molecule has 1 aromatic carbocycles. The molecule has 3 heteroatoms. The van der Waals surface area contributed by atoms with E-state index in [0.29, 0.717) is 5.47 Å². The lowest BCUT2D eigenvalue weighted by Crippen LogP contribution is -2.31. The molecule has 0 heterocycles. The van der Waals surface area contributed by atoms with E-state index in [0.717, 1.165) is 24.0 Å². The Morgan fingerprint density at radius 3 is 2.59 bits per heavy atom. The SMILES string of the molecule is C=C/C=C\C1=C(c2ccc3c(c2)CCC=C3)C(C)C(/C=C\C=C)C(B(O)O)=C1C. The average Bonchev–Trinajstić information content (AvgIpc) is 2.72. The molecule has 2 aliphatic rings. The summed E-state index contributed by atoms with van der Waals surface area (Å²) >= 11 is 0. The number of fused-ring (bicyclic) bond motifs is 1. The highest BCUT2D eigenvalue weighted by Gasteiger charge is 2.36. The lowest BCUT2D eigenvalue weighted by atomic mass is 9.59. The van der Waals surface area contributed by atoms with Crippen molar-refractivity contribution in [3.63, 3.8) is 0 Å². The maximum absolute atomic E-state index is 10.2. The molecule has 2 N–H and O–H groups in total. The molecule has 0 bridgehead atoms. The maximum Gasteiger partial charge on any atom is 0.485 e. The summed E-state index contributed by atoms with van der Waals surface area (Å²) in [6.45, 7) is 11.7. The van der Waals surface area contributed by atoms with Gasteiger partial charge < -0.3 is 10.0 Å². The molecule has 0 saturated carbocycles. The molecule has 0 aliphatic heterocycles. The Morgan fingerprint density at radius 2 is 1.90 bits per heavy atom. The van der Waals surface area contributed by atoms with Crippen LogP contribution in [-0.4, -0.2) is 17.2 Å². The minimum atomic E-state index is -1.50. The summed E-state index contributed by atoms with van der Waals surface area (Å²) < 4.78 is 0. The van der Waals surface area contributed by atoms with Crippen LogP contribution >= 0.6 is 0 Å². The van der Waals surface area contributed by atoms with Gasteiger partial charge in [-0.1, -0.05) is 86.9 Å². The van der Waals surface area contributed by atoms with E-state index in [2.05, 4.69) is 50.4 Å². The van der Waals surface area contributed by atoms with Gasteiger partial charge in [-0.05, 0) is 64.6 Å². The Hall–Kier alpha value is -2.62. The largest absolute Gasteiger partial charge is 0.485 e. The van der Waals surface area contributed by atoms with Gasteiger partial charge in [-0.2, -0.15) is 0 Å². The van der Waals surface area contributed by atoms with Gasteiger partial charge >= 0.3 is 7.12 Å². The van der Waals surface area contributed by atoms with Crippen LogP contribution in [0.4, 0.5) is 0 Å². The van der Waals surface area contributed by atoms with Crippen molar-refractivity contribution in [2.75, 3.05) is 0 Å². The minimum absolute atomic E-state index is 0.0772. The van der Waals surface area contributed by atoms with Crippen molar-refractivity contribution in [2.24, 2.45) is 11.8 Å². The summed E-state index contributed by atoms with van der Waals surface area (Å²) in [5.74, 6) is -0.0341. The van der Waals surface area contributed by atoms with Crippen LogP contribution in [0.25, 0.3) is 11.6 Å². The van der Waals surface area contributed by atoms with E-state index < -0.39 is 7.12 Å². The van der Waals surface area contributed by atoms with Crippen molar-refractivity contribution < 1.29 is 10.0 Å². The third kappa shape index (κ3) is 4.22. The second-order valence-corrected chi connectivity index (χ2v) is 7.67. The van der Waals surface area contributed by atoms with E-state index in [1.165, 1.54) is 22.3 Å². The number of rotatable bonds is 6. The monoisotopic (exact) mass is 384 g/mol. The van der Waals surface area contributed by atoms with Gasteiger partial charge in [-0.3, -0.25) is 0 Å². The fourth-order valence-electron chi connectivity index (χ4n) is 4.54. The Labute approximate surface area is 174 Å². The van der Waals surface area contributed by atoms with Crippen LogP contribution in [0, 0.1) is 11.8 Å². The highest BCUT2D eigenvalue weighted by Crippen LogP contribution is 2.45. The molecule has 0 fully saturated rings. The van der Waals surface area contributed by atoms with Crippen molar-refractivity contribution in [3.05, 3.63) is 107 Å². The number of allylic oxidation sites excluding steroid dienone is 11. The van der Waals surface area contributed by atoms with Crippen molar-refractivity contribution >= 4 is 18.8 Å². The molecule has 29 heavy (non-hydrogen) atoms. The summed E-state index contributed by atoms with van der Waals surface area (Å²) in [5.41, 5.74) is 7.65. The summed E-state index contributed by atoms with van der Waals surface area (Å²) in [7, 11) is -1.50. The van der Waals surface area contributed by atoms with Crippen molar-refractivity contribution in [2.45, 2.75) is 26.7 Å². The third-order valence-electron chi connectivity index (χ3n) is 5.94. The Kier molecular flexibility index (Phi) is 6.73. The van der Waals surface area contributed by atoms with Gasteiger partial charge in [0, 0.05) is 5.92 Å². The first-order chi connectivity index (χ1) is 14.0. The third-order valence-corrected chi connectivity index (χ3v) is 5.94. The highest BCUT2D eigenvalue weighted by atomic mass is 16.4. The van der Waals surface area contributed by atoms with Gasteiger partial charge in [0.25, 0.3) is 0 Å². The molecular formula is C26H29BO2. The van der Waals surface area contributed by atoms with Gasteiger partial charge in [0.2, 0.25) is 0 Å². The van der Waals surface area contributed by atoms with Crippen LogP contribution < -0.4 is 0 Å². The van der Waals surface area contributed by atoms with E-state index in [-0.39, 0.29) is 11.8 Å². The second-order valence-electron chi connectivity index (χ2n) is 7.67. The van der Waals surface area contributed by atoms with E-state index in [4.69, 9.17) is 0 Å². The number of aryl methyl sites for hydroxylation is 1. The molecule has 2 atom stereocenters. The van der Waals surface area contributed by atoms with Crippen LogP contribution in [0.2, 0.25) is 0 Å². The van der Waals surface area contributed by atoms with E-state index in [1.54, 1.807) is 12.2 Å². The predicted molar refractivity (Wildman–Crippen MR) is 125 cm³/mol. The van der Waals surface area contributed by atoms with Crippen molar-refractivity contribution in [1.82, 2.24) is 0 Å². The maximum atomic E-state index is 10.2. The number of hydrogen-bond acceptors (Lipinski definition) is 2. The molecule has 0 radical (unpaired) electrons. The van der Waals surface area contributed by atoms with Crippen LogP contribution in [0.1, 0.15) is 37.0 Å². The van der Waals surface area contributed by atoms with Crippen molar-refractivity contribution in [3.8, 4) is 0 Å². The Morgan fingerprint density at radius 1 is 1.14 bits per heavy atom. The molecule has 0 spiro atoms. The quantitative estimate of drug-likeness (QED) is 0.504. The summed E-state index contributed by atoms with van der Waals surface area (Å²) in [5, 5.41) is 20.3. The van der Waals surface area contributed by atoms with Crippen LogP contribution in [0.3, 0.4) is 0 Å². The first-order valence-electron chi connectivity index (χ1n) is 10.2. The van der Waals surface area contributed by atoms with E-state index >= 15 is 0 Å². The lowest BCUT2D eigenvalue weighted by Gasteiger charge is -2.35. The highest BCUT2D eigenvalue weighted by molar-refractivity contribution is 6.51. The van der Waals surface area contributed by atoms with E-state index in [9.17, 15) is 10.0 Å². The first kappa shape index (κ1) is 21.1. The zero-order valence-electron chi connectivity index (χ0n) is 17.3. The molecule has 0 amide bonds. The average molecular weight is 384 g/mol. The second kappa shape index (κ2) is 9.26. The van der Waals surface area contributed by atoms with Gasteiger partial charge in [0.05, 0.1) is 0 Å². The molecule has 0 saturated heterocycles. The molecule has 2 nitrogen and oxygen atoms in total. The summed E-state index contributed by atoms with van der Waals surface area (Å²) in [6.07, 6.45) is 17.9. The molecule has 2 aliphatic carbocycles. The summed E-state index contributed by atoms with van der Waals surface area (Å²) in [6, 6.07) is 6.68. The fourth-order valence-corrected chi connectivity index (χ4v) is 4.54. The Balaban J connectivity index is 2.25. The zero-order chi connectivity index (χ0) is 21.0. The minimum Gasteiger partial charge on any atom is -0.423 e. The van der Waals surface area contributed by atoms with Crippen molar-refractivity contribution in [1.29, 1.82) is 0 Å². The van der Waals surface area contributed by atoms with Gasteiger partial charge in [0.1, 0.15) is 0 Å². The molecule has 148 valence electrons. The zero-order valence-corrected chi connectivity index (χ0v) is 17.3. The van der Waals surface area contributed by atoms with Gasteiger partial charge in [0.15, 0.2) is 0 Å². The Bertz CT molecular complexity index is 957. The van der Waals surface area contributed by atoms with Gasteiger partial charge in [-0.25, -0.2) is 0 Å². The first-order valence-corrected chi connectivity index (χ1v) is 10.2. The molecule has 1 aromatic rings. The van der Waals surface area contributed by atoms with Crippen LogP contribution in [0.5, 0.6) is 0 Å². The number of benzene rings is 1. The molecule has 3 rings (SSSR count). The topological polar surface area (TPSA) is 40.5 Å². The normalized spacial score (nSPS) is 21.8. The summed E-state index contributed by atoms with van der Waals surface area (Å²) in [4.78, 5) is 0. The van der Waals surface area contributed by atoms with E-state index in [1.807, 2.05) is 31.2 Å². The molecular weight excluding hydrogens is 355 g/mol. The fraction of sp³-hybridized carbons (Fsp3) is 0.231. The standard InChI is InChI=1S/C26H29BO2/c1-5-7-13-23-19(4)26(27(28)29)24(14-8-6-2)18(3)25(23)22-16-15-20-11-9-10-12-21(20)17-22/h5-9,11,13-18,24,28-29H,1-2,10,12H2,3-4H3/b13-7-,14-8-. The smallest absolute Gasteiger partial charge is 0.423 e. The predicted octanol–water partition coefficient (Wildman–Crippen LogP) is 5.48. The van der Waals surface area contributed by atoms with Crippen LogP contribution in [0.15, 0.2) is 90.5 Å². The molecule has 2 unspecified atom stereocenters. The van der Waals surface area contributed by atoms with Gasteiger partial charge in [-0.15, -0.1) is 0 Å². The molecule has 0 aromatic heterocycles. The lowest BCUT2D eigenvalue weighted by molar-refractivity contribution is 0.405.